The Bertz CT molecular complexity index is 501. The van der Waals surface area contributed by atoms with Crippen molar-refractivity contribution in [2.45, 2.75) is 45.1 Å². The first-order valence-electron chi connectivity index (χ1n) is 7.36. The van der Waals surface area contributed by atoms with Crippen molar-refractivity contribution in [2.24, 2.45) is 5.92 Å². The Kier molecular flexibility index (Phi) is 7.11. The molecule has 1 unspecified atom stereocenters. The summed E-state index contributed by atoms with van der Waals surface area (Å²) in [7, 11) is 0. The second kappa shape index (κ2) is 8.58. The molecule has 6 nitrogen and oxygen atoms in total. The van der Waals surface area contributed by atoms with Gasteiger partial charge in [0.25, 0.3) is 0 Å². The number of hydrogen-bond acceptors (Lipinski definition) is 4. The minimum Gasteiger partial charge on any atom is -0.384 e. The van der Waals surface area contributed by atoms with Gasteiger partial charge < -0.3 is 16.4 Å². The molecule has 1 fully saturated rings. The topological polar surface area (TPSA) is 97.1 Å². The highest BCUT2D eigenvalue weighted by Gasteiger charge is 2.24. The van der Waals surface area contributed by atoms with E-state index in [1.807, 2.05) is 6.92 Å². The van der Waals surface area contributed by atoms with E-state index >= 15 is 0 Å². The Morgan fingerprint density at radius 3 is 2.64 bits per heavy atom. The lowest BCUT2D eigenvalue weighted by Gasteiger charge is -2.16. The van der Waals surface area contributed by atoms with E-state index in [0.29, 0.717) is 11.5 Å². The van der Waals surface area contributed by atoms with Crippen LogP contribution >= 0.6 is 12.4 Å². The molecule has 1 aliphatic carbocycles. The van der Waals surface area contributed by atoms with E-state index in [2.05, 4.69) is 15.6 Å². The van der Waals surface area contributed by atoms with Crippen LogP contribution in [0.5, 0.6) is 0 Å². The number of anilines is 2. The van der Waals surface area contributed by atoms with E-state index in [-0.39, 0.29) is 42.6 Å². The first-order valence-corrected chi connectivity index (χ1v) is 7.36. The summed E-state index contributed by atoms with van der Waals surface area (Å²) in [5, 5.41) is 5.65. The zero-order valence-electron chi connectivity index (χ0n) is 12.7. The number of amides is 2. The fourth-order valence-electron chi connectivity index (χ4n) is 2.57. The minimum atomic E-state index is -0.181. The second-order valence-corrected chi connectivity index (χ2v) is 5.62. The molecule has 2 amide bonds. The van der Waals surface area contributed by atoms with Crippen molar-refractivity contribution in [2.75, 3.05) is 11.1 Å². The molecule has 1 aromatic rings. The fraction of sp³-hybridized carbons (Fsp3) is 0.533. The standard InChI is InChI=1S/C15H22N4O2.ClH/c1-10(18-15(21)11-4-2-3-5-11)8-14(20)19-12-6-7-13(16)17-9-12;/h6-7,9-11H,2-5,8H2,1H3,(H2,16,17)(H,18,21)(H,19,20);1H. The number of hydrogen-bond donors (Lipinski definition) is 3. The zero-order valence-corrected chi connectivity index (χ0v) is 13.5. The van der Waals surface area contributed by atoms with Gasteiger partial charge in [0.2, 0.25) is 11.8 Å². The number of pyridine rings is 1. The van der Waals surface area contributed by atoms with Gasteiger partial charge in [0.15, 0.2) is 0 Å². The van der Waals surface area contributed by atoms with Crippen LogP contribution in [-0.2, 0) is 9.59 Å². The van der Waals surface area contributed by atoms with Gasteiger partial charge in [-0.3, -0.25) is 9.59 Å². The number of halogens is 1. The van der Waals surface area contributed by atoms with E-state index in [4.69, 9.17) is 5.73 Å². The van der Waals surface area contributed by atoms with E-state index in [9.17, 15) is 9.59 Å². The van der Waals surface area contributed by atoms with Gasteiger partial charge in [0, 0.05) is 18.4 Å². The van der Waals surface area contributed by atoms with Gasteiger partial charge >= 0.3 is 0 Å². The van der Waals surface area contributed by atoms with Gasteiger partial charge in [0.05, 0.1) is 11.9 Å². The van der Waals surface area contributed by atoms with Gasteiger partial charge in [-0.25, -0.2) is 4.98 Å². The number of nitrogen functional groups attached to an aromatic ring is 1. The summed E-state index contributed by atoms with van der Waals surface area (Å²) in [6.45, 7) is 1.84. The largest absolute Gasteiger partial charge is 0.384 e. The molecule has 1 aromatic heterocycles. The smallest absolute Gasteiger partial charge is 0.226 e. The Balaban J connectivity index is 0.00000242. The zero-order chi connectivity index (χ0) is 15.2. The summed E-state index contributed by atoms with van der Waals surface area (Å²) in [5.74, 6) is 0.449. The van der Waals surface area contributed by atoms with Crippen LogP contribution in [0.3, 0.4) is 0 Å². The molecule has 0 aromatic carbocycles. The molecule has 0 spiro atoms. The highest BCUT2D eigenvalue weighted by atomic mass is 35.5. The van der Waals surface area contributed by atoms with Crippen molar-refractivity contribution in [3.8, 4) is 0 Å². The Hall–Kier alpha value is -1.82. The van der Waals surface area contributed by atoms with Crippen LogP contribution in [0.25, 0.3) is 0 Å². The average Bonchev–Trinajstić information content (AvgIpc) is 2.95. The molecule has 4 N–H and O–H groups in total. The molecular formula is C15H23ClN4O2. The van der Waals surface area contributed by atoms with Crippen LogP contribution in [0.4, 0.5) is 11.5 Å². The number of carbonyl (C=O) groups excluding carboxylic acids is 2. The summed E-state index contributed by atoms with van der Waals surface area (Å²) in [4.78, 5) is 27.8. The van der Waals surface area contributed by atoms with Crippen molar-refractivity contribution in [3.63, 3.8) is 0 Å². The predicted molar refractivity (Wildman–Crippen MR) is 88.7 cm³/mol. The van der Waals surface area contributed by atoms with Crippen LogP contribution in [0.1, 0.15) is 39.0 Å². The lowest BCUT2D eigenvalue weighted by atomic mass is 10.1. The lowest BCUT2D eigenvalue weighted by Crippen LogP contribution is -2.38. The third-order valence-electron chi connectivity index (χ3n) is 3.68. The van der Waals surface area contributed by atoms with Crippen molar-refractivity contribution in [3.05, 3.63) is 18.3 Å². The van der Waals surface area contributed by atoms with Crippen molar-refractivity contribution < 1.29 is 9.59 Å². The predicted octanol–water partition coefficient (Wildman–Crippen LogP) is 2.11. The Labute approximate surface area is 136 Å². The summed E-state index contributed by atoms with van der Waals surface area (Å²) in [6, 6.07) is 3.14. The van der Waals surface area contributed by atoms with Gasteiger partial charge in [-0.15, -0.1) is 12.4 Å². The SMILES string of the molecule is CC(CC(=O)Nc1ccc(N)nc1)NC(=O)C1CCCC1.Cl. The van der Waals surface area contributed by atoms with Crippen LogP contribution in [0.2, 0.25) is 0 Å². The fourth-order valence-corrected chi connectivity index (χ4v) is 2.57. The second-order valence-electron chi connectivity index (χ2n) is 5.62. The van der Waals surface area contributed by atoms with Crippen molar-refractivity contribution in [1.29, 1.82) is 0 Å². The van der Waals surface area contributed by atoms with Crippen molar-refractivity contribution >= 4 is 35.7 Å². The first kappa shape index (κ1) is 18.2. The number of carbonyl (C=O) groups is 2. The van der Waals surface area contributed by atoms with Crippen LogP contribution < -0.4 is 16.4 Å². The third-order valence-corrected chi connectivity index (χ3v) is 3.68. The molecule has 1 atom stereocenters. The summed E-state index contributed by atoms with van der Waals surface area (Å²) in [6.07, 6.45) is 5.91. The first-order chi connectivity index (χ1) is 10.0. The molecule has 1 aliphatic rings. The molecule has 0 radical (unpaired) electrons. The number of nitrogens with two attached hydrogens (primary N) is 1. The maximum Gasteiger partial charge on any atom is 0.226 e. The number of nitrogens with one attached hydrogen (secondary N) is 2. The van der Waals surface area contributed by atoms with E-state index in [1.165, 1.54) is 6.20 Å². The average molecular weight is 327 g/mol. The minimum absolute atomic E-state index is 0. The monoisotopic (exact) mass is 326 g/mol. The number of rotatable bonds is 5. The van der Waals surface area contributed by atoms with Crippen molar-refractivity contribution in [1.82, 2.24) is 10.3 Å². The van der Waals surface area contributed by atoms with Gasteiger partial charge in [-0.2, -0.15) is 0 Å². The van der Waals surface area contributed by atoms with E-state index < -0.39 is 0 Å². The number of aromatic nitrogens is 1. The van der Waals surface area contributed by atoms with E-state index in [1.54, 1.807) is 12.1 Å². The molecule has 1 heterocycles. The summed E-state index contributed by atoms with van der Waals surface area (Å²) < 4.78 is 0. The van der Waals surface area contributed by atoms with Gasteiger partial charge in [-0.1, -0.05) is 12.8 Å². The maximum absolute atomic E-state index is 12.0. The molecule has 22 heavy (non-hydrogen) atoms. The molecule has 0 bridgehead atoms. The Morgan fingerprint density at radius 1 is 1.36 bits per heavy atom. The maximum atomic E-state index is 12.0. The lowest BCUT2D eigenvalue weighted by molar-refractivity contribution is -0.125. The van der Waals surface area contributed by atoms with E-state index in [0.717, 1.165) is 25.7 Å². The molecule has 1 saturated carbocycles. The third kappa shape index (κ3) is 5.52. The highest BCUT2D eigenvalue weighted by Crippen LogP contribution is 2.24. The molecule has 7 heteroatoms. The summed E-state index contributed by atoms with van der Waals surface area (Å²) >= 11 is 0. The highest BCUT2D eigenvalue weighted by molar-refractivity contribution is 5.91. The van der Waals surface area contributed by atoms with Gasteiger partial charge in [-0.05, 0) is 31.9 Å². The Morgan fingerprint density at radius 2 is 2.05 bits per heavy atom. The normalized spacial score (nSPS) is 15.7. The molecule has 122 valence electrons. The van der Waals surface area contributed by atoms with Crippen LogP contribution in [0.15, 0.2) is 18.3 Å². The number of nitrogens with zero attached hydrogens (tertiary/aromatic N) is 1. The van der Waals surface area contributed by atoms with Crippen LogP contribution in [-0.4, -0.2) is 22.8 Å². The summed E-state index contributed by atoms with van der Waals surface area (Å²) in [5.41, 5.74) is 6.08. The molecule has 0 aliphatic heterocycles. The quantitative estimate of drug-likeness (QED) is 0.772. The molecule has 2 rings (SSSR count). The molecular weight excluding hydrogens is 304 g/mol. The molecule has 0 saturated heterocycles. The van der Waals surface area contributed by atoms with Crippen LogP contribution in [0, 0.1) is 5.92 Å². The van der Waals surface area contributed by atoms with Gasteiger partial charge in [0.1, 0.15) is 5.82 Å².